The molecule has 172 valence electrons. The van der Waals surface area contributed by atoms with E-state index in [9.17, 15) is 14.4 Å². The zero-order valence-electron chi connectivity index (χ0n) is 18.1. The molecule has 11 heteroatoms. The number of aromatic nitrogens is 2. The molecule has 1 unspecified atom stereocenters. The largest absolute Gasteiger partial charge is 0.351 e. The van der Waals surface area contributed by atoms with E-state index in [2.05, 4.69) is 32.8 Å². The van der Waals surface area contributed by atoms with Crippen molar-refractivity contribution in [2.75, 3.05) is 13.6 Å². The molecule has 3 atom stereocenters. The maximum absolute atomic E-state index is 12.9. The quantitative estimate of drug-likeness (QED) is 0.447. The van der Waals surface area contributed by atoms with Crippen LogP contribution >= 0.6 is 22.9 Å². The molecule has 5 rings (SSSR count). The van der Waals surface area contributed by atoms with Gasteiger partial charge in [0.1, 0.15) is 11.7 Å². The Kier molecular flexibility index (Phi) is 5.59. The molecular weight excluding hydrogens is 464 g/mol. The van der Waals surface area contributed by atoms with Crippen molar-refractivity contribution in [1.29, 1.82) is 0 Å². The molecule has 0 aliphatic carbocycles. The summed E-state index contributed by atoms with van der Waals surface area (Å²) < 4.78 is 0. The molecule has 2 aliphatic heterocycles. The number of amides is 3. The fourth-order valence-electron chi connectivity index (χ4n) is 4.27. The van der Waals surface area contributed by atoms with E-state index < -0.39 is 18.0 Å². The molecule has 1 aromatic carbocycles. The fourth-order valence-corrected chi connectivity index (χ4v) is 5.40. The number of fused-ring (bicyclic) bond motifs is 2. The highest BCUT2D eigenvalue weighted by Crippen LogP contribution is 2.24. The van der Waals surface area contributed by atoms with E-state index in [4.69, 9.17) is 11.6 Å². The van der Waals surface area contributed by atoms with Crippen LogP contribution in [0.5, 0.6) is 0 Å². The third-order valence-corrected chi connectivity index (χ3v) is 7.36. The first-order valence-corrected chi connectivity index (χ1v) is 11.8. The van der Waals surface area contributed by atoms with Crippen LogP contribution in [0.2, 0.25) is 5.02 Å². The predicted octanol–water partition coefficient (Wildman–Crippen LogP) is 1.68. The van der Waals surface area contributed by atoms with E-state index in [1.54, 1.807) is 31.3 Å². The second-order valence-electron chi connectivity index (χ2n) is 8.54. The first-order chi connectivity index (χ1) is 15.8. The highest BCUT2D eigenvalue weighted by Gasteiger charge is 2.41. The minimum atomic E-state index is -0.877. The van der Waals surface area contributed by atoms with Gasteiger partial charge in [-0.1, -0.05) is 11.6 Å². The molecule has 4 heterocycles. The van der Waals surface area contributed by atoms with Gasteiger partial charge < -0.3 is 25.8 Å². The molecule has 33 heavy (non-hydrogen) atoms. The normalized spacial score (nSPS) is 22.5. The van der Waals surface area contributed by atoms with Gasteiger partial charge in [0, 0.05) is 53.4 Å². The molecular formula is C22H23ClN6O3S. The highest BCUT2D eigenvalue weighted by molar-refractivity contribution is 7.13. The third-order valence-electron chi connectivity index (χ3n) is 6.03. The summed E-state index contributed by atoms with van der Waals surface area (Å²) in [6, 6.07) is 5.82. The smallest absolute Gasteiger partial charge is 0.280 e. The average Bonchev–Trinajstić information content (AvgIpc) is 3.45. The van der Waals surface area contributed by atoms with Gasteiger partial charge in [0.2, 0.25) is 5.91 Å². The van der Waals surface area contributed by atoms with Gasteiger partial charge in [0.25, 0.3) is 11.8 Å². The topological polar surface area (TPSA) is 119 Å². The minimum absolute atomic E-state index is 0.260. The number of carbonyl (C=O) groups excluding carboxylic acids is 3. The Balaban J connectivity index is 1.31. The Hall–Kier alpha value is -2.95. The summed E-state index contributed by atoms with van der Waals surface area (Å²) in [6.07, 6.45) is 0.776. The van der Waals surface area contributed by atoms with E-state index in [0.29, 0.717) is 34.9 Å². The lowest BCUT2D eigenvalue weighted by Gasteiger charge is -2.18. The van der Waals surface area contributed by atoms with Crippen molar-refractivity contribution in [2.45, 2.75) is 38.0 Å². The van der Waals surface area contributed by atoms with Crippen LogP contribution in [0.15, 0.2) is 24.3 Å². The van der Waals surface area contributed by atoms with Gasteiger partial charge in [0.05, 0.1) is 11.7 Å². The van der Waals surface area contributed by atoms with Crippen LogP contribution in [-0.2, 0) is 17.8 Å². The van der Waals surface area contributed by atoms with Gasteiger partial charge in [-0.05, 0) is 31.2 Å². The van der Waals surface area contributed by atoms with Crippen LogP contribution in [-0.4, -0.2) is 64.3 Å². The van der Waals surface area contributed by atoms with Crippen LogP contribution in [0, 0.1) is 0 Å². The zero-order chi connectivity index (χ0) is 23.3. The number of H-pyrrole nitrogens is 1. The first kappa shape index (κ1) is 21.9. The summed E-state index contributed by atoms with van der Waals surface area (Å²) in [5.74, 6) is -1.03. The molecule has 4 N–H and O–H groups in total. The maximum atomic E-state index is 12.9. The van der Waals surface area contributed by atoms with E-state index in [-0.39, 0.29) is 11.8 Å². The molecule has 2 aliphatic rings. The van der Waals surface area contributed by atoms with Gasteiger partial charge in [-0.3, -0.25) is 14.4 Å². The monoisotopic (exact) mass is 486 g/mol. The number of hydrogen-bond acceptors (Lipinski definition) is 6. The number of halogens is 1. The molecule has 3 amide bonds. The fraction of sp³-hybridized carbons (Fsp3) is 0.364. The predicted molar refractivity (Wildman–Crippen MR) is 126 cm³/mol. The summed E-state index contributed by atoms with van der Waals surface area (Å²) in [4.78, 5) is 48.6. The van der Waals surface area contributed by atoms with Gasteiger partial charge >= 0.3 is 0 Å². The lowest BCUT2D eigenvalue weighted by Crippen LogP contribution is -2.52. The molecule has 9 nitrogen and oxygen atoms in total. The van der Waals surface area contributed by atoms with Crippen molar-refractivity contribution in [3.05, 3.63) is 50.6 Å². The number of thiazole rings is 1. The van der Waals surface area contributed by atoms with Gasteiger partial charge in [-0.25, -0.2) is 4.98 Å². The molecule has 0 bridgehead atoms. The molecule has 3 aromatic rings. The number of likely N-dealkylation sites (tertiary alicyclic amines) is 1. The van der Waals surface area contributed by atoms with Crippen LogP contribution in [0.3, 0.4) is 0 Å². The molecule has 1 saturated heterocycles. The summed E-state index contributed by atoms with van der Waals surface area (Å²) in [7, 11) is 1.65. The second kappa shape index (κ2) is 8.44. The van der Waals surface area contributed by atoms with Crippen molar-refractivity contribution in [2.24, 2.45) is 0 Å². The molecule has 1 fully saturated rings. The number of likely N-dealkylation sites (N-methyl/N-ethyl adjacent to an activating group) is 1. The lowest BCUT2D eigenvalue weighted by molar-refractivity contribution is -0.128. The number of nitrogens with zero attached hydrogens (tertiary/aromatic N) is 2. The summed E-state index contributed by atoms with van der Waals surface area (Å²) in [6.45, 7) is 3.07. The Labute approximate surface area is 198 Å². The summed E-state index contributed by atoms with van der Waals surface area (Å²) >= 11 is 7.38. The number of nitrogens with one attached hydrogen (secondary N) is 4. The number of carbonyl (C=O) groups is 3. The zero-order valence-corrected chi connectivity index (χ0v) is 19.6. The van der Waals surface area contributed by atoms with Crippen LogP contribution < -0.4 is 16.0 Å². The van der Waals surface area contributed by atoms with Gasteiger partial charge in [-0.2, -0.15) is 0 Å². The number of benzene rings is 1. The van der Waals surface area contributed by atoms with E-state index >= 15 is 0 Å². The first-order valence-electron chi connectivity index (χ1n) is 10.7. The van der Waals surface area contributed by atoms with Gasteiger partial charge in [-0.15, -0.1) is 11.3 Å². The number of hydrogen-bond donors (Lipinski definition) is 4. The average molecular weight is 487 g/mol. The van der Waals surface area contributed by atoms with Crippen molar-refractivity contribution < 1.29 is 14.4 Å². The Morgan fingerprint density at radius 2 is 2.06 bits per heavy atom. The van der Waals surface area contributed by atoms with Crippen molar-refractivity contribution in [1.82, 2.24) is 30.8 Å². The van der Waals surface area contributed by atoms with Gasteiger partial charge in [0.15, 0.2) is 5.01 Å². The van der Waals surface area contributed by atoms with Crippen LogP contribution in [0.4, 0.5) is 0 Å². The van der Waals surface area contributed by atoms with E-state index in [1.165, 1.54) is 16.2 Å². The van der Waals surface area contributed by atoms with E-state index in [1.807, 2.05) is 0 Å². The molecule has 2 aromatic heterocycles. The van der Waals surface area contributed by atoms with Crippen molar-refractivity contribution in [3.63, 3.8) is 0 Å². The molecule has 0 radical (unpaired) electrons. The van der Waals surface area contributed by atoms with E-state index in [0.717, 1.165) is 27.9 Å². The van der Waals surface area contributed by atoms with Crippen LogP contribution in [0.1, 0.15) is 37.8 Å². The van der Waals surface area contributed by atoms with Crippen LogP contribution in [0.25, 0.3) is 10.9 Å². The molecule has 0 spiro atoms. The standard InChI is InChI=1S/C22H23ClN6O3S/c1-10-5-14-17(8-24-10)33-21(27-14)20(31)26-16-9-29(2)22(32)18(16)28-19(30)15-7-11-6-12(23)3-4-13(11)25-15/h3-4,6-7,10,16,18,24-25H,5,8-9H2,1-2H3,(H,26,31)(H,28,30)/t10?,16-,18+/m1/s1. The maximum Gasteiger partial charge on any atom is 0.280 e. The lowest BCUT2D eigenvalue weighted by atomic mass is 10.1. The SMILES string of the molecule is CC1Cc2nc(C(=O)N[C@@H]3CN(C)C(=O)[C@H]3NC(=O)c3cc4cc(Cl)ccc4[nH]3)sc2CN1. The Morgan fingerprint density at radius 3 is 2.88 bits per heavy atom. The van der Waals surface area contributed by atoms with Crippen molar-refractivity contribution in [3.8, 4) is 0 Å². The Morgan fingerprint density at radius 1 is 1.24 bits per heavy atom. The second-order valence-corrected chi connectivity index (χ2v) is 10.1. The van der Waals surface area contributed by atoms with Crippen molar-refractivity contribution >= 4 is 51.6 Å². The molecule has 0 saturated carbocycles. The number of aromatic amines is 1. The summed E-state index contributed by atoms with van der Waals surface area (Å²) in [5, 5.41) is 10.8. The summed E-state index contributed by atoms with van der Waals surface area (Å²) in [5.41, 5.74) is 2.02. The highest BCUT2D eigenvalue weighted by atomic mass is 35.5. The Bertz CT molecular complexity index is 1270. The number of rotatable bonds is 4. The minimum Gasteiger partial charge on any atom is -0.351 e. The third kappa shape index (κ3) is 4.21.